The van der Waals surface area contributed by atoms with Crippen LogP contribution in [0.15, 0.2) is 42.5 Å². The molecule has 0 radical (unpaired) electrons. The molecule has 0 aliphatic heterocycles. The minimum Gasteiger partial charge on any atom is -0.420 e. The van der Waals surface area contributed by atoms with E-state index in [1.54, 1.807) is 6.07 Å². The molecular formula is C29H27F5O2. The molecule has 0 saturated heterocycles. The Bertz CT molecular complexity index is 1290. The second-order valence-corrected chi connectivity index (χ2v) is 9.05. The van der Waals surface area contributed by atoms with Gasteiger partial charge in [0, 0.05) is 11.1 Å². The van der Waals surface area contributed by atoms with Gasteiger partial charge in [0.15, 0.2) is 23.9 Å². The molecule has 2 nitrogen and oxygen atoms in total. The number of benzene rings is 3. The monoisotopic (exact) mass is 502 g/mol. The maximum atomic E-state index is 15.3. The highest BCUT2D eigenvalue weighted by molar-refractivity contribution is 5.91. The van der Waals surface area contributed by atoms with Crippen molar-refractivity contribution in [2.45, 2.75) is 64.7 Å². The van der Waals surface area contributed by atoms with E-state index in [9.17, 15) is 13.6 Å². The number of esters is 1. The van der Waals surface area contributed by atoms with E-state index >= 15 is 13.2 Å². The van der Waals surface area contributed by atoms with Gasteiger partial charge >= 0.3 is 5.97 Å². The average molecular weight is 503 g/mol. The van der Waals surface area contributed by atoms with Crippen molar-refractivity contribution in [3.05, 3.63) is 87.7 Å². The van der Waals surface area contributed by atoms with Gasteiger partial charge in [-0.15, -0.1) is 0 Å². The van der Waals surface area contributed by atoms with E-state index in [-0.39, 0.29) is 16.7 Å². The van der Waals surface area contributed by atoms with Crippen LogP contribution in [0.1, 0.15) is 84.5 Å². The SMILES string of the molecule is CCCCCc1ccc(C(=O)Oc2ccc3c(c2F)C(F)C(F)c2c-3ccc(CCC)c2F)c(F)c1. The summed E-state index contributed by atoms with van der Waals surface area (Å²) in [6, 6.07) is 9.36. The number of carbonyl (C=O) groups is 1. The zero-order valence-corrected chi connectivity index (χ0v) is 20.1. The molecule has 0 aromatic heterocycles. The lowest BCUT2D eigenvalue weighted by Gasteiger charge is -2.28. The molecule has 1 aliphatic rings. The number of halogens is 5. The van der Waals surface area contributed by atoms with Crippen LogP contribution in [0, 0.1) is 17.5 Å². The molecule has 2 atom stereocenters. The summed E-state index contributed by atoms with van der Waals surface area (Å²) in [7, 11) is 0. The second kappa shape index (κ2) is 10.8. The molecular weight excluding hydrogens is 475 g/mol. The summed E-state index contributed by atoms with van der Waals surface area (Å²) in [4.78, 5) is 12.6. The van der Waals surface area contributed by atoms with E-state index in [1.165, 1.54) is 30.3 Å². The van der Waals surface area contributed by atoms with E-state index in [1.807, 2.05) is 6.92 Å². The zero-order chi connectivity index (χ0) is 26.0. The fraction of sp³-hybridized carbons (Fsp3) is 0.345. The van der Waals surface area contributed by atoms with E-state index in [2.05, 4.69) is 6.92 Å². The maximum absolute atomic E-state index is 15.3. The Morgan fingerprint density at radius 2 is 1.47 bits per heavy atom. The minimum atomic E-state index is -2.50. The predicted molar refractivity (Wildman–Crippen MR) is 128 cm³/mol. The van der Waals surface area contributed by atoms with Crippen LogP contribution < -0.4 is 4.74 Å². The van der Waals surface area contributed by atoms with Gasteiger partial charge in [-0.1, -0.05) is 57.4 Å². The van der Waals surface area contributed by atoms with Crippen molar-refractivity contribution >= 4 is 5.97 Å². The topological polar surface area (TPSA) is 26.3 Å². The molecule has 0 heterocycles. The van der Waals surface area contributed by atoms with Gasteiger partial charge < -0.3 is 4.74 Å². The summed E-state index contributed by atoms with van der Waals surface area (Å²) >= 11 is 0. The molecule has 7 heteroatoms. The number of rotatable bonds is 8. The van der Waals surface area contributed by atoms with Crippen molar-refractivity contribution in [3.8, 4) is 16.9 Å². The van der Waals surface area contributed by atoms with E-state index in [0.717, 1.165) is 30.9 Å². The van der Waals surface area contributed by atoms with Gasteiger partial charge in [0.1, 0.15) is 11.6 Å². The number of ether oxygens (including phenoxy) is 1. The van der Waals surface area contributed by atoms with Crippen molar-refractivity contribution in [1.29, 1.82) is 0 Å². The summed E-state index contributed by atoms with van der Waals surface area (Å²) in [5.74, 6) is -4.75. The zero-order valence-electron chi connectivity index (χ0n) is 20.1. The third-order valence-electron chi connectivity index (χ3n) is 6.55. The molecule has 0 spiro atoms. The second-order valence-electron chi connectivity index (χ2n) is 9.05. The molecule has 4 rings (SSSR count). The first kappa shape index (κ1) is 25.9. The number of unbranched alkanes of at least 4 members (excludes halogenated alkanes) is 2. The maximum Gasteiger partial charge on any atom is 0.346 e. The number of aryl methyl sites for hydroxylation is 2. The van der Waals surface area contributed by atoms with Gasteiger partial charge in [0.2, 0.25) is 0 Å². The Morgan fingerprint density at radius 1 is 0.806 bits per heavy atom. The van der Waals surface area contributed by atoms with Crippen molar-refractivity contribution in [2.75, 3.05) is 0 Å². The van der Waals surface area contributed by atoms with Crippen molar-refractivity contribution in [1.82, 2.24) is 0 Å². The predicted octanol–water partition coefficient (Wildman–Crippen LogP) is 8.71. The standard InChI is InChI=1S/C29H27F5O2/c1-3-5-6-8-16-9-11-20(21(30)15-16)29(35)36-22-14-13-19-18-12-10-17(7-4-2)25(31)23(18)27(33)28(34)24(19)26(22)32/h9-15,27-28H,3-8H2,1-2H3. The smallest absolute Gasteiger partial charge is 0.346 e. The minimum absolute atomic E-state index is 0.0201. The van der Waals surface area contributed by atoms with E-state index < -0.39 is 58.2 Å². The lowest BCUT2D eigenvalue weighted by atomic mass is 9.81. The molecule has 0 N–H and O–H groups in total. The van der Waals surface area contributed by atoms with Gasteiger partial charge in [-0.05, 0) is 59.7 Å². The van der Waals surface area contributed by atoms with Crippen LogP contribution >= 0.6 is 0 Å². The van der Waals surface area contributed by atoms with Gasteiger partial charge in [-0.3, -0.25) is 0 Å². The normalized spacial score (nSPS) is 16.4. The number of fused-ring (bicyclic) bond motifs is 3. The largest absolute Gasteiger partial charge is 0.420 e. The van der Waals surface area contributed by atoms with Gasteiger partial charge in [0.25, 0.3) is 0 Å². The summed E-state index contributed by atoms with van der Waals surface area (Å²) in [6.07, 6.45) is -0.406. The molecule has 36 heavy (non-hydrogen) atoms. The highest BCUT2D eigenvalue weighted by atomic mass is 19.2. The first-order chi connectivity index (χ1) is 17.3. The highest BCUT2D eigenvalue weighted by Crippen LogP contribution is 2.51. The summed E-state index contributed by atoms with van der Waals surface area (Å²) < 4.78 is 80.0. The number of hydrogen-bond acceptors (Lipinski definition) is 2. The first-order valence-electron chi connectivity index (χ1n) is 12.2. The Balaban J connectivity index is 1.64. The van der Waals surface area contributed by atoms with Gasteiger partial charge in [-0.25, -0.2) is 26.7 Å². The molecule has 0 saturated carbocycles. The summed E-state index contributed by atoms with van der Waals surface area (Å²) in [6.45, 7) is 3.89. The molecule has 0 fully saturated rings. The van der Waals surface area contributed by atoms with Crippen LogP contribution in [-0.4, -0.2) is 5.97 Å². The quantitative estimate of drug-likeness (QED) is 0.133. The molecule has 0 bridgehead atoms. The average Bonchev–Trinajstić information content (AvgIpc) is 2.85. The molecule has 1 aliphatic carbocycles. The van der Waals surface area contributed by atoms with Crippen LogP contribution in [0.4, 0.5) is 22.0 Å². The number of alkyl halides is 2. The Hall–Kier alpha value is -3.22. The van der Waals surface area contributed by atoms with Crippen LogP contribution in [0.5, 0.6) is 5.75 Å². The van der Waals surface area contributed by atoms with Gasteiger partial charge in [-0.2, -0.15) is 0 Å². The fourth-order valence-corrected chi connectivity index (χ4v) is 4.67. The fourth-order valence-electron chi connectivity index (χ4n) is 4.67. The number of hydrogen-bond donors (Lipinski definition) is 0. The Morgan fingerprint density at radius 3 is 2.11 bits per heavy atom. The molecule has 2 unspecified atom stereocenters. The molecule has 190 valence electrons. The number of carbonyl (C=O) groups excluding carboxylic acids is 1. The first-order valence-corrected chi connectivity index (χ1v) is 12.2. The lowest BCUT2D eigenvalue weighted by molar-refractivity contribution is 0.0721. The third-order valence-corrected chi connectivity index (χ3v) is 6.55. The van der Waals surface area contributed by atoms with Crippen LogP contribution in [0.3, 0.4) is 0 Å². The lowest BCUT2D eigenvalue weighted by Crippen LogP contribution is -2.18. The highest BCUT2D eigenvalue weighted by Gasteiger charge is 2.40. The van der Waals surface area contributed by atoms with E-state index in [4.69, 9.17) is 4.74 Å². The van der Waals surface area contributed by atoms with Crippen LogP contribution in [-0.2, 0) is 12.8 Å². The van der Waals surface area contributed by atoms with Gasteiger partial charge in [0.05, 0.1) is 5.56 Å². The van der Waals surface area contributed by atoms with E-state index in [0.29, 0.717) is 19.3 Å². The van der Waals surface area contributed by atoms with Crippen molar-refractivity contribution in [3.63, 3.8) is 0 Å². The van der Waals surface area contributed by atoms with Crippen LogP contribution in [0.25, 0.3) is 11.1 Å². The molecule has 0 amide bonds. The molecule has 3 aromatic rings. The molecule has 3 aromatic carbocycles. The third kappa shape index (κ3) is 4.75. The van der Waals surface area contributed by atoms with Crippen molar-refractivity contribution < 1.29 is 31.5 Å². The summed E-state index contributed by atoms with van der Waals surface area (Å²) in [5.41, 5.74) is -0.486. The Labute approximate surface area is 207 Å². The Kier molecular flexibility index (Phi) is 7.76. The summed E-state index contributed by atoms with van der Waals surface area (Å²) in [5, 5.41) is 0. The van der Waals surface area contributed by atoms with Crippen molar-refractivity contribution in [2.24, 2.45) is 0 Å². The van der Waals surface area contributed by atoms with Crippen LogP contribution in [0.2, 0.25) is 0 Å².